The minimum absolute atomic E-state index is 0.390. The zero-order chi connectivity index (χ0) is 13.5. The minimum atomic E-state index is -0.905. The number of nitrogens with zero attached hydrogens (tertiary/aromatic N) is 2. The maximum absolute atomic E-state index is 12.1. The van der Waals surface area contributed by atoms with Crippen molar-refractivity contribution in [1.82, 2.24) is 4.90 Å². The monoisotopic (exact) mass is 280 g/mol. The summed E-state index contributed by atoms with van der Waals surface area (Å²) in [6.07, 6.45) is 3.66. The topological polar surface area (TPSA) is 52.9 Å². The van der Waals surface area contributed by atoms with Crippen LogP contribution in [0.2, 0.25) is 0 Å². The Labute approximate surface area is 116 Å². The lowest BCUT2D eigenvalue weighted by molar-refractivity contribution is 0.219. The van der Waals surface area contributed by atoms with Gasteiger partial charge in [-0.05, 0) is 44.0 Å². The van der Waals surface area contributed by atoms with E-state index in [1.807, 2.05) is 30.3 Å². The molecule has 1 saturated heterocycles. The van der Waals surface area contributed by atoms with Crippen LogP contribution >= 0.6 is 0 Å². The maximum Gasteiger partial charge on any atom is 0.0542 e. The molecule has 1 aromatic carbocycles. The van der Waals surface area contributed by atoms with E-state index in [0.717, 1.165) is 37.4 Å². The van der Waals surface area contributed by atoms with E-state index in [1.54, 1.807) is 6.21 Å². The molecule has 104 valence electrons. The van der Waals surface area contributed by atoms with E-state index in [1.165, 1.54) is 0 Å². The molecule has 1 N–H and O–H groups in total. The van der Waals surface area contributed by atoms with E-state index < -0.39 is 10.8 Å². The highest BCUT2D eigenvalue weighted by Crippen LogP contribution is 2.15. The molecule has 4 nitrogen and oxygen atoms in total. The van der Waals surface area contributed by atoms with Crippen LogP contribution in [0.1, 0.15) is 12.8 Å². The van der Waals surface area contributed by atoms with Gasteiger partial charge in [0.25, 0.3) is 0 Å². The third-order valence-corrected chi connectivity index (χ3v) is 4.86. The van der Waals surface area contributed by atoms with Gasteiger partial charge in [-0.15, -0.1) is 5.16 Å². The van der Waals surface area contributed by atoms with Gasteiger partial charge in [0.2, 0.25) is 0 Å². The van der Waals surface area contributed by atoms with Crippen LogP contribution in [0, 0.1) is 5.92 Å². The lowest BCUT2D eigenvalue weighted by Crippen LogP contribution is -2.36. The molecule has 2 rings (SSSR count). The fraction of sp³-hybridized carbons (Fsp3) is 0.500. The van der Waals surface area contributed by atoms with Gasteiger partial charge in [0.15, 0.2) is 0 Å². The molecule has 0 aromatic heterocycles. The summed E-state index contributed by atoms with van der Waals surface area (Å²) < 4.78 is 12.1. The van der Waals surface area contributed by atoms with E-state index in [0.29, 0.717) is 11.7 Å². The second-order valence-corrected chi connectivity index (χ2v) is 6.38. The predicted octanol–water partition coefficient (Wildman–Crippen LogP) is 1.97. The summed E-state index contributed by atoms with van der Waals surface area (Å²) in [5.74, 6) is 1.07. The Morgan fingerprint density at radius 1 is 1.32 bits per heavy atom. The molecule has 5 heteroatoms. The molecule has 1 aromatic rings. The van der Waals surface area contributed by atoms with E-state index in [-0.39, 0.29) is 0 Å². The number of piperidine rings is 1. The SMILES string of the molecule is O=S(CCN1CCC(C=NO)CC1)c1ccccc1. The third-order valence-electron chi connectivity index (χ3n) is 3.51. The molecule has 1 atom stereocenters. The first-order chi connectivity index (χ1) is 9.29. The molecule has 0 spiro atoms. The van der Waals surface area contributed by atoms with Crippen molar-refractivity contribution < 1.29 is 9.42 Å². The van der Waals surface area contributed by atoms with Gasteiger partial charge >= 0.3 is 0 Å². The van der Waals surface area contributed by atoms with Crippen LogP contribution in [-0.2, 0) is 10.8 Å². The number of benzene rings is 1. The van der Waals surface area contributed by atoms with E-state index >= 15 is 0 Å². The first-order valence-corrected chi connectivity index (χ1v) is 7.95. The van der Waals surface area contributed by atoms with Gasteiger partial charge in [0, 0.05) is 23.4 Å². The van der Waals surface area contributed by atoms with Crippen molar-refractivity contribution in [2.24, 2.45) is 11.1 Å². The summed E-state index contributed by atoms with van der Waals surface area (Å²) in [5, 5.41) is 11.6. The Morgan fingerprint density at radius 2 is 2.00 bits per heavy atom. The summed E-state index contributed by atoms with van der Waals surface area (Å²) in [5.41, 5.74) is 0. The Balaban J connectivity index is 1.74. The Hall–Kier alpha value is -1.20. The molecule has 1 fully saturated rings. The fourth-order valence-electron chi connectivity index (χ4n) is 2.32. The van der Waals surface area contributed by atoms with Crippen molar-refractivity contribution in [3.63, 3.8) is 0 Å². The predicted molar refractivity (Wildman–Crippen MR) is 77.2 cm³/mol. The fourth-order valence-corrected chi connectivity index (χ4v) is 3.44. The molecule has 0 aliphatic carbocycles. The molecule has 1 heterocycles. The Morgan fingerprint density at radius 3 is 2.63 bits per heavy atom. The molecule has 1 unspecified atom stereocenters. The van der Waals surface area contributed by atoms with Gasteiger partial charge in [-0.25, -0.2) is 0 Å². The smallest absolute Gasteiger partial charge is 0.0542 e. The molecule has 1 aliphatic rings. The summed E-state index contributed by atoms with van der Waals surface area (Å²) in [6.45, 7) is 2.84. The summed E-state index contributed by atoms with van der Waals surface area (Å²) in [4.78, 5) is 3.24. The zero-order valence-corrected chi connectivity index (χ0v) is 11.8. The quantitative estimate of drug-likeness (QED) is 0.509. The highest BCUT2D eigenvalue weighted by Gasteiger charge is 2.18. The molecular formula is C14H20N2O2S. The highest BCUT2D eigenvalue weighted by molar-refractivity contribution is 7.85. The van der Waals surface area contributed by atoms with Crippen molar-refractivity contribution in [2.75, 3.05) is 25.4 Å². The summed E-state index contributed by atoms with van der Waals surface area (Å²) in [6, 6.07) is 9.62. The number of hydrogen-bond acceptors (Lipinski definition) is 4. The second-order valence-electron chi connectivity index (χ2n) is 4.81. The van der Waals surface area contributed by atoms with Crippen molar-refractivity contribution in [2.45, 2.75) is 17.7 Å². The van der Waals surface area contributed by atoms with Crippen molar-refractivity contribution in [3.05, 3.63) is 30.3 Å². The molecule has 0 radical (unpaired) electrons. The largest absolute Gasteiger partial charge is 0.411 e. The standard InChI is InChI=1S/C14H20N2O2S/c17-15-12-13-6-8-16(9-7-13)10-11-19(18)14-4-2-1-3-5-14/h1-5,12-13,17H,6-11H2. The van der Waals surface area contributed by atoms with Crippen LogP contribution in [0.3, 0.4) is 0 Å². The molecule has 19 heavy (non-hydrogen) atoms. The second kappa shape index (κ2) is 7.40. The van der Waals surface area contributed by atoms with E-state index in [9.17, 15) is 4.21 Å². The van der Waals surface area contributed by atoms with Crippen LogP contribution in [0.5, 0.6) is 0 Å². The van der Waals surface area contributed by atoms with Crippen LogP contribution in [0.15, 0.2) is 40.4 Å². The lowest BCUT2D eigenvalue weighted by Gasteiger charge is -2.29. The number of oxime groups is 1. The zero-order valence-electron chi connectivity index (χ0n) is 10.9. The van der Waals surface area contributed by atoms with Crippen molar-refractivity contribution >= 4 is 17.0 Å². The van der Waals surface area contributed by atoms with Gasteiger partial charge in [0.05, 0.1) is 10.8 Å². The number of rotatable bonds is 5. The summed E-state index contributed by atoms with van der Waals surface area (Å²) in [7, 11) is -0.905. The van der Waals surface area contributed by atoms with Gasteiger partial charge in [-0.2, -0.15) is 0 Å². The maximum atomic E-state index is 12.1. The van der Waals surface area contributed by atoms with E-state index in [4.69, 9.17) is 5.21 Å². The lowest BCUT2D eigenvalue weighted by atomic mass is 9.98. The average Bonchev–Trinajstić information content (AvgIpc) is 2.47. The highest BCUT2D eigenvalue weighted by atomic mass is 32.2. The minimum Gasteiger partial charge on any atom is -0.411 e. The third kappa shape index (κ3) is 4.44. The average molecular weight is 280 g/mol. The van der Waals surface area contributed by atoms with Crippen LogP contribution in [0.25, 0.3) is 0 Å². The first kappa shape index (κ1) is 14.2. The van der Waals surface area contributed by atoms with Gasteiger partial charge in [-0.1, -0.05) is 18.2 Å². The molecule has 1 aliphatic heterocycles. The first-order valence-electron chi connectivity index (χ1n) is 6.63. The van der Waals surface area contributed by atoms with Crippen LogP contribution < -0.4 is 0 Å². The normalized spacial score (nSPS) is 19.8. The molecule has 0 saturated carbocycles. The van der Waals surface area contributed by atoms with Crippen molar-refractivity contribution in [1.29, 1.82) is 0 Å². The van der Waals surface area contributed by atoms with Gasteiger partial charge in [0.1, 0.15) is 0 Å². The number of likely N-dealkylation sites (tertiary alicyclic amines) is 1. The molecular weight excluding hydrogens is 260 g/mol. The van der Waals surface area contributed by atoms with Gasteiger partial charge < -0.3 is 10.1 Å². The van der Waals surface area contributed by atoms with Crippen LogP contribution in [0.4, 0.5) is 0 Å². The molecule has 0 amide bonds. The van der Waals surface area contributed by atoms with Crippen LogP contribution in [-0.4, -0.2) is 45.9 Å². The van der Waals surface area contributed by atoms with Gasteiger partial charge in [-0.3, -0.25) is 4.21 Å². The van der Waals surface area contributed by atoms with Crippen molar-refractivity contribution in [3.8, 4) is 0 Å². The molecule has 0 bridgehead atoms. The number of hydrogen-bond donors (Lipinski definition) is 1. The Kier molecular flexibility index (Phi) is 5.54. The summed E-state index contributed by atoms with van der Waals surface area (Å²) >= 11 is 0. The Bertz CT molecular complexity index is 428. The van der Waals surface area contributed by atoms with E-state index in [2.05, 4.69) is 10.1 Å².